The first-order valence-electron chi connectivity index (χ1n) is 6.56. The minimum absolute atomic E-state index is 0.115. The van der Waals surface area contributed by atoms with Crippen molar-refractivity contribution in [3.8, 4) is 0 Å². The molecule has 1 aliphatic rings. The van der Waals surface area contributed by atoms with Gasteiger partial charge in [0.05, 0.1) is 0 Å². The second-order valence-corrected chi connectivity index (χ2v) is 7.12. The fourth-order valence-electron chi connectivity index (χ4n) is 3.00. The first kappa shape index (κ1) is 14.0. The molecule has 1 aromatic carbocycles. The van der Waals surface area contributed by atoms with Crippen molar-refractivity contribution in [1.82, 2.24) is 0 Å². The van der Waals surface area contributed by atoms with Gasteiger partial charge in [-0.3, -0.25) is 0 Å². The summed E-state index contributed by atoms with van der Waals surface area (Å²) in [5.74, 6) is -0.198. The first-order chi connectivity index (χ1) is 8.32. The molecule has 100 valence electrons. The van der Waals surface area contributed by atoms with Crippen LogP contribution in [-0.2, 0) is 6.42 Å². The molecule has 1 aromatic rings. The van der Waals surface area contributed by atoms with E-state index in [0.717, 1.165) is 29.3 Å². The van der Waals surface area contributed by atoms with Crippen molar-refractivity contribution >= 4 is 15.9 Å². The molecule has 2 rings (SSSR count). The molecule has 18 heavy (non-hydrogen) atoms. The summed E-state index contributed by atoms with van der Waals surface area (Å²) in [5, 5.41) is 0. The van der Waals surface area contributed by atoms with E-state index in [2.05, 4.69) is 29.8 Å². The molecule has 1 saturated carbocycles. The van der Waals surface area contributed by atoms with Crippen LogP contribution in [0.15, 0.2) is 22.7 Å². The Morgan fingerprint density at radius 2 is 1.89 bits per heavy atom. The molecule has 0 saturated heterocycles. The summed E-state index contributed by atoms with van der Waals surface area (Å²) in [6, 6.07) is 5.06. The zero-order valence-electron chi connectivity index (χ0n) is 11.1. The summed E-state index contributed by atoms with van der Waals surface area (Å²) in [6.07, 6.45) is 5.35. The lowest BCUT2D eigenvalue weighted by atomic mass is 9.61. The topological polar surface area (TPSA) is 26.0 Å². The summed E-state index contributed by atoms with van der Waals surface area (Å²) in [5.41, 5.74) is 7.51. The monoisotopic (exact) mass is 313 g/mol. The van der Waals surface area contributed by atoms with E-state index >= 15 is 0 Å². The van der Waals surface area contributed by atoms with Gasteiger partial charge < -0.3 is 5.73 Å². The van der Waals surface area contributed by atoms with Crippen LogP contribution in [0.5, 0.6) is 0 Å². The second kappa shape index (κ2) is 4.93. The molecule has 0 heterocycles. The van der Waals surface area contributed by atoms with E-state index in [1.54, 1.807) is 6.07 Å². The average Bonchev–Trinajstić information content (AvgIpc) is 2.21. The predicted molar refractivity (Wildman–Crippen MR) is 77.0 cm³/mol. The summed E-state index contributed by atoms with van der Waals surface area (Å²) >= 11 is 3.34. The standard InChI is InChI=1S/C15H21BrFN/c1-14(2)5-3-4-6-15(14,18)10-11-7-12(16)9-13(17)8-11/h7-9H,3-6,10,18H2,1-2H3. The van der Waals surface area contributed by atoms with E-state index in [9.17, 15) is 4.39 Å². The highest BCUT2D eigenvalue weighted by Crippen LogP contribution is 2.44. The van der Waals surface area contributed by atoms with E-state index < -0.39 is 0 Å². The van der Waals surface area contributed by atoms with Crippen molar-refractivity contribution in [2.45, 2.75) is 51.5 Å². The molecular formula is C15H21BrFN. The number of hydrogen-bond donors (Lipinski definition) is 1. The van der Waals surface area contributed by atoms with Crippen molar-refractivity contribution in [3.63, 3.8) is 0 Å². The third-order valence-corrected chi connectivity index (χ3v) is 4.92. The Hall–Kier alpha value is -0.410. The molecule has 3 heteroatoms. The summed E-state index contributed by atoms with van der Waals surface area (Å²) in [7, 11) is 0. The first-order valence-corrected chi connectivity index (χ1v) is 7.36. The lowest BCUT2D eigenvalue weighted by molar-refractivity contribution is 0.0989. The Morgan fingerprint density at radius 1 is 1.22 bits per heavy atom. The third kappa shape index (κ3) is 2.77. The molecule has 0 aliphatic heterocycles. The van der Waals surface area contributed by atoms with Gasteiger partial charge in [0.25, 0.3) is 0 Å². The van der Waals surface area contributed by atoms with Gasteiger partial charge in [0.15, 0.2) is 0 Å². The third-order valence-electron chi connectivity index (χ3n) is 4.46. The zero-order chi connectivity index (χ0) is 13.4. The number of rotatable bonds is 2. The van der Waals surface area contributed by atoms with Crippen molar-refractivity contribution in [2.75, 3.05) is 0 Å². The van der Waals surface area contributed by atoms with Crippen LogP contribution in [0.2, 0.25) is 0 Å². The highest BCUT2D eigenvalue weighted by Gasteiger charge is 2.43. The predicted octanol–water partition coefficient (Wildman–Crippen LogP) is 4.43. The van der Waals surface area contributed by atoms with Gasteiger partial charge in [0.1, 0.15) is 5.82 Å². The van der Waals surface area contributed by atoms with Crippen molar-refractivity contribution in [1.29, 1.82) is 0 Å². The molecular weight excluding hydrogens is 293 g/mol. The van der Waals surface area contributed by atoms with Crippen LogP contribution in [0.25, 0.3) is 0 Å². The van der Waals surface area contributed by atoms with Gasteiger partial charge in [0.2, 0.25) is 0 Å². The van der Waals surface area contributed by atoms with E-state index in [-0.39, 0.29) is 16.8 Å². The van der Waals surface area contributed by atoms with Crippen LogP contribution in [0.1, 0.15) is 45.1 Å². The number of halogens is 2. The summed E-state index contributed by atoms with van der Waals surface area (Å²) in [6.45, 7) is 4.47. The smallest absolute Gasteiger partial charge is 0.124 e. The van der Waals surface area contributed by atoms with Gasteiger partial charge in [-0.15, -0.1) is 0 Å². The lowest BCUT2D eigenvalue weighted by Gasteiger charge is -2.48. The highest BCUT2D eigenvalue weighted by molar-refractivity contribution is 9.10. The Kier molecular flexibility index (Phi) is 3.84. The molecule has 1 unspecified atom stereocenters. The Balaban J connectivity index is 2.26. The number of nitrogens with two attached hydrogens (primary N) is 1. The van der Waals surface area contributed by atoms with Gasteiger partial charge in [-0.1, -0.05) is 42.6 Å². The normalized spacial score (nSPS) is 27.2. The minimum Gasteiger partial charge on any atom is -0.324 e. The van der Waals surface area contributed by atoms with Gasteiger partial charge in [-0.25, -0.2) is 4.39 Å². The summed E-state index contributed by atoms with van der Waals surface area (Å²) < 4.78 is 14.2. The van der Waals surface area contributed by atoms with Crippen LogP contribution >= 0.6 is 15.9 Å². The Bertz CT molecular complexity index is 424. The van der Waals surface area contributed by atoms with Crippen LogP contribution < -0.4 is 5.73 Å². The van der Waals surface area contributed by atoms with Gasteiger partial charge >= 0.3 is 0 Å². The fourth-order valence-corrected chi connectivity index (χ4v) is 3.51. The summed E-state index contributed by atoms with van der Waals surface area (Å²) in [4.78, 5) is 0. The van der Waals surface area contributed by atoms with Gasteiger partial charge in [-0.2, -0.15) is 0 Å². The largest absolute Gasteiger partial charge is 0.324 e. The van der Waals surface area contributed by atoms with E-state index in [1.165, 1.54) is 18.9 Å². The van der Waals surface area contributed by atoms with Crippen LogP contribution in [0.3, 0.4) is 0 Å². The maximum Gasteiger partial charge on any atom is 0.124 e. The van der Waals surface area contributed by atoms with Crippen LogP contribution in [0.4, 0.5) is 4.39 Å². The van der Waals surface area contributed by atoms with Crippen LogP contribution in [0, 0.1) is 11.2 Å². The molecule has 0 radical (unpaired) electrons. The van der Waals surface area contributed by atoms with Gasteiger partial charge in [-0.05, 0) is 48.4 Å². The van der Waals surface area contributed by atoms with Crippen molar-refractivity contribution < 1.29 is 4.39 Å². The van der Waals surface area contributed by atoms with Gasteiger partial charge in [0, 0.05) is 10.0 Å². The molecule has 0 bridgehead atoms. The van der Waals surface area contributed by atoms with Crippen molar-refractivity contribution in [2.24, 2.45) is 11.1 Å². The zero-order valence-corrected chi connectivity index (χ0v) is 12.7. The van der Waals surface area contributed by atoms with Crippen LogP contribution in [-0.4, -0.2) is 5.54 Å². The Labute approximate surface area is 117 Å². The number of hydrogen-bond acceptors (Lipinski definition) is 1. The quantitative estimate of drug-likeness (QED) is 0.859. The lowest BCUT2D eigenvalue weighted by Crippen LogP contribution is -2.56. The highest BCUT2D eigenvalue weighted by atomic mass is 79.9. The number of benzene rings is 1. The maximum atomic E-state index is 13.4. The molecule has 0 spiro atoms. The molecule has 0 aromatic heterocycles. The second-order valence-electron chi connectivity index (χ2n) is 6.20. The molecule has 1 atom stereocenters. The molecule has 0 amide bonds. The van der Waals surface area contributed by atoms with E-state index in [1.807, 2.05) is 6.07 Å². The average molecular weight is 314 g/mol. The SMILES string of the molecule is CC1(C)CCCCC1(N)Cc1cc(F)cc(Br)c1. The van der Waals surface area contributed by atoms with E-state index in [4.69, 9.17) is 5.73 Å². The minimum atomic E-state index is -0.224. The molecule has 1 fully saturated rings. The molecule has 1 nitrogen and oxygen atoms in total. The van der Waals surface area contributed by atoms with E-state index in [0.29, 0.717) is 0 Å². The molecule has 1 aliphatic carbocycles. The Morgan fingerprint density at radius 3 is 2.50 bits per heavy atom. The van der Waals surface area contributed by atoms with Crippen molar-refractivity contribution in [3.05, 3.63) is 34.1 Å². The fraction of sp³-hybridized carbons (Fsp3) is 0.600. The maximum absolute atomic E-state index is 13.4. The molecule has 2 N–H and O–H groups in total.